The number of rotatable bonds is 10. The Morgan fingerprint density at radius 2 is 0.244 bits per heavy atom. The Kier molecular flexibility index (Phi) is 16.4. The quantitative estimate of drug-likeness (QED) is 0.151. The van der Waals surface area contributed by atoms with Crippen LogP contribution in [0.3, 0.4) is 0 Å². The zero-order valence-electron chi connectivity index (χ0n) is 33.3. The van der Waals surface area contributed by atoms with E-state index in [1.54, 1.807) is 0 Å². The van der Waals surface area contributed by atoms with Crippen molar-refractivity contribution < 1.29 is 0 Å². The molecule has 0 aromatic rings. The molecule has 0 unspecified atom stereocenters. The number of hydrogen-bond donors (Lipinski definition) is 0. The van der Waals surface area contributed by atoms with Crippen LogP contribution in [0, 0.1) is 47.5 Å². The second-order valence-corrected chi connectivity index (χ2v) is 64.8. The average molecular weight is 914 g/mol. The molecule has 1 rings (SSSR count). The molecule has 0 N–H and O–H groups in total. The van der Waals surface area contributed by atoms with Crippen LogP contribution in [-0.4, -0.2) is 66.3 Å². The van der Waals surface area contributed by atoms with Gasteiger partial charge >= 0.3 is 300 Å². The summed E-state index contributed by atoms with van der Waals surface area (Å²) in [5.41, 5.74) is 0. The zero-order chi connectivity index (χ0) is 35.3. The first-order valence-corrected chi connectivity index (χ1v) is 40.8. The van der Waals surface area contributed by atoms with Crippen molar-refractivity contribution in [3.8, 4) is 47.5 Å². The third-order valence-electron chi connectivity index (χ3n) is 11.5. The number of hydrogen-bond acceptors (Lipinski definition) is 0. The summed E-state index contributed by atoms with van der Waals surface area (Å²) in [6.07, 6.45) is 0. The summed E-state index contributed by atoms with van der Waals surface area (Å²) < 4.78 is 47.4. The van der Waals surface area contributed by atoms with Crippen LogP contribution in [0.5, 0.6) is 0 Å². The Hall–Kier alpha value is 0.514. The van der Waals surface area contributed by atoms with Crippen LogP contribution in [0.25, 0.3) is 0 Å². The van der Waals surface area contributed by atoms with Gasteiger partial charge in [0.05, 0.1) is 0 Å². The topological polar surface area (TPSA) is 0 Å². The molecule has 0 fully saturated rings. The van der Waals surface area contributed by atoms with Gasteiger partial charge in [-0.15, -0.1) is 0 Å². The zero-order valence-corrected chi connectivity index (χ0v) is 43.8. The van der Waals surface area contributed by atoms with E-state index < -0.39 is 66.3 Å². The Bertz CT molecular complexity index is 998. The van der Waals surface area contributed by atoms with E-state index in [0.29, 0.717) is 47.5 Å². The van der Waals surface area contributed by atoms with E-state index in [4.69, 9.17) is 0 Å². The van der Waals surface area contributed by atoms with Crippen LogP contribution in [0.1, 0.15) is 138 Å². The predicted molar refractivity (Wildman–Crippen MR) is 219 cm³/mol. The second kappa shape index (κ2) is 17.0. The molecule has 0 aromatic heterocycles. The van der Waals surface area contributed by atoms with Crippen molar-refractivity contribution in [1.82, 2.24) is 0 Å². The van der Waals surface area contributed by atoms with Crippen LogP contribution < -0.4 is 0 Å². The van der Waals surface area contributed by atoms with Crippen molar-refractivity contribution in [2.45, 2.75) is 186 Å². The van der Waals surface area contributed by atoms with E-state index in [-0.39, 0.29) is 0 Å². The van der Waals surface area contributed by atoms with Gasteiger partial charge < -0.3 is 0 Å². The van der Waals surface area contributed by atoms with Gasteiger partial charge in [-0.25, -0.2) is 0 Å². The molecule has 1 heterocycles. The summed E-state index contributed by atoms with van der Waals surface area (Å²) in [6, 6.07) is 0. The maximum atomic E-state index is 4.23. The molecule has 0 aromatic carbocycles. The molecule has 5 heteroatoms. The monoisotopic (exact) mass is 920 g/mol. The molecule has 0 saturated carbocycles. The Morgan fingerprint density at radius 1 is 0.178 bits per heavy atom. The molecule has 1 aliphatic rings. The van der Waals surface area contributed by atoms with Gasteiger partial charge in [-0.1, -0.05) is 0 Å². The molecule has 0 amide bonds. The van der Waals surface area contributed by atoms with E-state index >= 15 is 0 Å². The van der Waals surface area contributed by atoms with Crippen LogP contribution in [-0.2, 0) is 0 Å². The minimum absolute atomic E-state index is 0.509. The summed E-state index contributed by atoms with van der Waals surface area (Å²) in [5.74, 6) is 0. The molecule has 0 atom stereocenters. The van der Waals surface area contributed by atoms with Crippen molar-refractivity contribution in [1.29, 1.82) is 0 Å². The summed E-state index contributed by atoms with van der Waals surface area (Å²) in [7, 11) is 0. The van der Waals surface area contributed by atoms with Gasteiger partial charge in [0.1, 0.15) is 0 Å². The molecular weight excluding hydrogens is 843 g/mol. The fourth-order valence-corrected chi connectivity index (χ4v) is 61.1. The molecule has 1 aliphatic heterocycles. The minimum atomic E-state index is -3.03. The van der Waals surface area contributed by atoms with Gasteiger partial charge in [0.15, 0.2) is 0 Å². The van der Waals surface area contributed by atoms with Gasteiger partial charge in [-0.2, -0.15) is 0 Å². The third kappa shape index (κ3) is 8.82. The van der Waals surface area contributed by atoms with Crippen LogP contribution >= 0.6 is 0 Å². The Morgan fingerprint density at radius 3 is 0.289 bits per heavy atom. The van der Waals surface area contributed by atoms with Crippen molar-refractivity contribution >= 4 is 66.3 Å². The molecular formula is C40H70Ge5. The van der Waals surface area contributed by atoms with Gasteiger partial charge in [-0.05, 0) is 0 Å². The fourth-order valence-electron chi connectivity index (χ4n) is 7.41. The summed E-state index contributed by atoms with van der Waals surface area (Å²) in [4.78, 5) is 0. The van der Waals surface area contributed by atoms with Gasteiger partial charge in [0, 0.05) is 0 Å². The standard InChI is InChI=1S/C40H70Ge5/c1-31(2)41(32(3)4)21-23-42(33(5)6,34(7)8)25-27-44(37(13)14,38(15)16)29-30-45(39(17)18,40(19)20)28-26-43(24-22-41,35(9)10)36(11)12/h31-40H,1-20H3. The van der Waals surface area contributed by atoms with Gasteiger partial charge in [-0.3, -0.25) is 0 Å². The molecule has 250 valence electrons. The van der Waals surface area contributed by atoms with E-state index in [0.717, 1.165) is 0 Å². The molecule has 45 heavy (non-hydrogen) atoms. The average Bonchev–Trinajstić information content (AvgIpc) is 2.89. The third-order valence-corrected chi connectivity index (χ3v) is 66.5. The normalized spacial score (nSPS) is 19.8. The van der Waals surface area contributed by atoms with Crippen molar-refractivity contribution in [2.24, 2.45) is 0 Å². The van der Waals surface area contributed by atoms with E-state index in [2.05, 4.69) is 186 Å². The van der Waals surface area contributed by atoms with Crippen LogP contribution in [0.2, 0.25) is 47.5 Å². The first kappa shape index (κ1) is 43.5. The van der Waals surface area contributed by atoms with Crippen molar-refractivity contribution in [2.75, 3.05) is 0 Å². The SMILES string of the molecule is C[CH](C)[Ge]1([CH](C)C)[C]#[C][Ge]([CH](C)C)([CH](C)C)[C]#[C][Ge]([CH](C)C)([CH](C)C)[C]#[C][Ge]([CH](C)C)([CH](C)C)[C]#[C][Ge]([CH](C)C)([CH](C)C)[C]#[C]1. The molecule has 0 saturated heterocycles. The first-order valence-electron chi connectivity index (χ1n) is 18.2. The van der Waals surface area contributed by atoms with Gasteiger partial charge in [0.25, 0.3) is 0 Å². The van der Waals surface area contributed by atoms with Crippen molar-refractivity contribution in [3.05, 3.63) is 0 Å². The molecule has 0 radical (unpaired) electrons. The van der Waals surface area contributed by atoms with Crippen LogP contribution in [0.15, 0.2) is 0 Å². The molecule has 0 spiro atoms. The van der Waals surface area contributed by atoms with E-state index in [1.807, 2.05) is 0 Å². The summed E-state index contributed by atoms with van der Waals surface area (Å²) in [6.45, 7) is 48.6. The van der Waals surface area contributed by atoms with E-state index in [9.17, 15) is 0 Å². The van der Waals surface area contributed by atoms with Crippen molar-refractivity contribution in [3.63, 3.8) is 0 Å². The Balaban J connectivity index is 4.90. The Labute approximate surface area is 296 Å². The fraction of sp³-hybridized carbons (Fsp3) is 0.750. The van der Waals surface area contributed by atoms with Crippen LogP contribution in [0.4, 0.5) is 0 Å². The maximum absolute atomic E-state index is 4.23. The van der Waals surface area contributed by atoms with Gasteiger partial charge in [0.2, 0.25) is 0 Å². The van der Waals surface area contributed by atoms with E-state index in [1.165, 1.54) is 0 Å². The summed E-state index contributed by atoms with van der Waals surface area (Å²) in [5, 5.41) is 0. The predicted octanol–water partition coefficient (Wildman–Crippen LogP) is 11.8. The molecule has 0 aliphatic carbocycles. The second-order valence-electron chi connectivity index (χ2n) is 17.1. The summed E-state index contributed by atoms with van der Waals surface area (Å²) >= 11 is -15.1. The molecule has 0 nitrogen and oxygen atoms in total. The molecule has 0 bridgehead atoms. The first-order chi connectivity index (χ1) is 20.5.